The highest BCUT2D eigenvalue weighted by Gasteiger charge is 2.31. The van der Waals surface area contributed by atoms with Crippen LogP contribution in [0.25, 0.3) is 0 Å². The highest BCUT2D eigenvalue weighted by Crippen LogP contribution is 2.20. The number of ether oxygens (including phenoxy) is 2. The number of nitrogens with zero attached hydrogens (tertiary/aromatic N) is 1. The van der Waals surface area contributed by atoms with E-state index in [9.17, 15) is 18.0 Å². The molecule has 1 aliphatic heterocycles. The predicted molar refractivity (Wildman–Crippen MR) is 107 cm³/mol. The first-order chi connectivity index (χ1) is 13.9. The summed E-state index contributed by atoms with van der Waals surface area (Å²) in [6, 6.07) is 15.1. The smallest absolute Gasteiger partial charge is 0.342 e. The van der Waals surface area contributed by atoms with Gasteiger partial charge in [0.2, 0.25) is 0 Å². The Morgan fingerprint density at radius 1 is 1.07 bits per heavy atom. The molecule has 29 heavy (non-hydrogen) atoms. The first-order valence-electron chi connectivity index (χ1n) is 8.94. The van der Waals surface area contributed by atoms with E-state index in [2.05, 4.69) is 0 Å². The van der Waals surface area contributed by atoms with Gasteiger partial charge in [0.25, 0.3) is 5.91 Å². The van der Waals surface area contributed by atoms with Gasteiger partial charge in [-0.15, -0.1) is 0 Å². The Labute approximate surface area is 169 Å². The molecule has 0 bridgehead atoms. The average molecular weight is 415 g/mol. The molecule has 0 saturated carbocycles. The van der Waals surface area contributed by atoms with Gasteiger partial charge in [-0.05, 0) is 23.8 Å². The van der Waals surface area contributed by atoms with Crippen molar-refractivity contribution in [2.24, 2.45) is 0 Å². The molecule has 1 amide bonds. The standard InChI is InChI=1S/C21H21NO6S/c1-27-19-10-6-5-9-18(19)21(24)28-14-20(23)22(13-16-7-3-2-4-8-16)17-11-12-29(25,26)15-17/h2-12,17H,13-15H2,1H3/t17-/m1/s1. The number of hydrogen-bond donors (Lipinski definition) is 0. The summed E-state index contributed by atoms with van der Waals surface area (Å²) in [4.78, 5) is 26.6. The number of methoxy groups -OCH3 is 1. The topological polar surface area (TPSA) is 90.0 Å². The Morgan fingerprint density at radius 3 is 2.41 bits per heavy atom. The molecule has 0 radical (unpaired) electrons. The highest BCUT2D eigenvalue weighted by molar-refractivity contribution is 7.94. The van der Waals surface area contributed by atoms with Crippen LogP contribution in [0.2, 0.25) is 0 Å². The summed E-state index contributed by atoms with van der Waals surface area (Å²) in [5, 5.41) is 1.11. The maximum Gasteiger partial charge on any atom is 0.342 e. The van der Waals surface area contributed by atoms with Crippen LogP contribution < -0.4 is 4.74 Å². The summed E-state index contributed by atoms with van der Waals surface area (Å²) >= 11 is 0. The number of hydrogen-bond acceptors (Lipinski definition) is 6. The van der Waals surface area contributed by atoms with E-state index in [1.165, 1.54) is 18.1 Å². The third-order valence-corrected chi connectivity index (χ3v) is 5.86. The molecule has 0 unspecified atom stereocenters. The normalized spacial score (nSPS) is 16.9. The first-order valence-corrected chi connectivity index (χ1v) is 10.7. The van der Waals surface area contributed by atoms with E-state index in [0.717, 1.165) is 11.0 Å². The van der Waals surface area contributed by atoms with Gasteiger partial charge in [-0.25, -0.2) is 13.2 Å². The number of esters is 1. The Balaban J connectivity index is 1.72. The van der Waals surface area contributed by atoms with Crippen LogP contribution in [-0.2, 0) is 25.9 Å². The molecule has 0 aliphatic carbocycles. The first kappa shape index (κ1) is 20.6. The van der Waals surface area contributed by atoms with E-state index in [-0.39, 0.29) is 17.9 Å². The number of rotatable bonds is 7. The fraction of sp³-hybridized carbons (Fsp3) is 0.238. The molecule has 152 valence electrons. The Bertz CT molecular complexity index is 1020. The lowest BCUT2D eigenvalue weighted by Gasteiger charge is -2.27. The summed E-state index contributed by atoms with van der Waals surface area (Å²) < 4.78 is 33.9. The van der Waals surface area contributed by atoms with Gasteiger partial charge in [-0.3, -0.25) is 4.79 Å². The number of para-hydroxylation sites is 1. The molecular weight excluding hydrogens is 394 g/mol. The molecule has 2 aromatic carbocycles. The van der Waals surface area contributed by atoms with Crippen LogP contribution in [0.3, 0.4) is 0 Å². The molecule has 0 N–H and O–H groups in total. The van der Waals surface area contributed by atoms with Gasteiger partial charge >= 0.3 is 5.97 Å². The van der Waals surface area contributed by atoms with E-state index in [4.69, 9.17) is 9.47 Å². The van der Waals surface area contributed by atoms with Crippen molar-refractivity contribution in [3.63, 3.8) is 0 Å². The zero-order valence-corrected chi connectivity index (χ0v) is 16.7. The van der Waals surface area contributed by atoms with Crippen molar-refractivity contribution in [3.8, 4) is 5.75 Å². The lowest BCUT2D eigenvalue weighted by Crippen LogP contribution is -2.42. The monoisotopic (exact) mass is 415 g/mol. The van der Waals surface area contributed by atoms with Crippen molar-refractivity contribution in [1.82, 2.24) is 4.90 Å². The summed E-state index contributed by atoms with van der Waals surface area (Å²) in [7, 11) is -1.91. The number of carbonyl (C=O) groups excluding carboxylic acids is 2. The van der Waals surface area contributed by atoms with Crippen LogP contribution in [0.15, 0.2) is 66.1 Å². The van der Waals surface area contributed by atoms with Crippen molar-refractivity contribution >= 4 is 21.7 Å². The van der Waals surface area contributed by atoms with Crippen molar-refractivity contribution < 1.29 is 27.5 Å². The van der Waals surface area contributed by atoms with Crippen LogP contribution in [0.5, 0.6) is 5.75 Å². The highest BCUT2D eigenvalue weighted by atomic mass is 32.2. The Kier molecular flexibility index (Phi) is 6.33. The number of carbonyl (C=O) groups is 2. The number of sulfone groups is 1. The van der Waals surface area contributed by atoms with Crippen LogP contribution in [0.4, 0.5) is 0 Å². The second-order valence-electron chi connectivity index (χ2n) is 6.51. The van der Waals surface area contributed by atoms with E-state index in [1.807, 2.05) is 30.3 Å². The van der Waals surface area contributed by atoms with E-state index < -0.39 is 34.4 Å². The molecule has 1 atom stereocenters. The van der Waals surface area contributed by atoms with Crippen molar-refractivity contribution in [1.29, 1.82) is 0 Å². The minimum absolute atomic E-state index is 0.188. The van der Waals surface area contributed by atoms with Gasteiger partial charge in [-0.1, -0.05) is 42.5 Å². The maximum atomic E-state index is 12.8. The lowest BCUT2D eigenvalue weighted by molar-refractivity contribution is -0.136. The average Bonchev–Trinajstić information content (AvgIpc) is 3.10. The van der Waals surface area contributed by atoms with Crippen molar-refractivity contribution in [2.75, 3.05) is 19.5 Å². The van der Waals surface area contributed by atoms with Gasteiger partial charge in [0.1, 0.15) is 11.3 Å². The molecule has 7 nitrogen and oxygen atoms in total. The molecule has 0 saturated heterocycles. The summed E-state index contributed by atoms with van der Waals surface area (Å²) in [5.74, 6) is -1.02. The number of benzene rings is 2. The molecule has 0 spiro atoms. The SMILES string of the molecule is COc1ccccc1C(=O)OCC(=O)N(Cc1ccccc1)[C@@H]1C=CS(=O)(=O)C1. The summed E-state index contributed by atoms with van der Waals surface area (Å²) in [6.45, 7) is -0.301. The molecule has 0 fully saturated rings. The van der Waals surface area contributed by atoms with Gasteiger partial charge in [-0.2, -0.15) is 0 Å². The zero-order valence-electron chi connectivity index (χ0n) is 15.9. The summed E-state index contributed by atoms with van der Waals surface area (Å²) in [6.07, 6.45) is 1.48. The third-order valence-electron chi connectivity index (χ3n) is 4.48. The molecule has 8 heteroatoms. The van der Waals surface area contributed by atoms with Crippen LogP contribution in [0, 0.1) is 0 Å². The molecule has 1 heterocycles. The second kappa shape index (κ2) is 8.91. The van der Waals surface area contributed by atoms with Crippen molar-refractivity contribution in [3.05, 3.63) is 77.2 Å². The second-order valence-corrected chi connectivity index (χ2v) is 8.44. The number of amides is 1. The fourth-order valence-corrected chi connectivity index (χ4v) is 4.32. The Morgan fingerprint density at radius 2 is 1.76 bits per heavy atom. The van der Waals surface area contributed by atoms with Crippen LogP contribution in [0.1, 0.15) is 15.9 Å². The molecule has 3 rings (SSSR count). The maximum absolute atomic E-state index is 12.8. The van der Waals surface area contributed by atoms with Crippen LogP contribution >= 0.6 is 0 Å². The quantitative estimate of drug-likeness (QED) is 0.644. The van der Waals surface area contributed by atoms with Gasteiger partial charge in [0.15, 0.2) is 16.4 Å². The molecule has 2 aromatic rings. The predicted octanol–water partition coefficient (Wildman–Crippen LogP) is 2.19. The molecule has 0 aromatic heterocycles. The zero-order chi connectivity index (χ0) is 20.9. The minimum Gasteiger partial charge on any atom is -0.496 e. The third kappa shape index (κ3) is 5.23. The lowest BCUT2D eigenvalue weighted by atomic mass is 10.1. The summed E-state index contributed by atoms with van der Waals surface area (Å²) in [5.41, 5.74) is 1.05. The van der Waals surface area contributed by atoms with Gasteiger partial charge in [0.05, 0.1) is 18.9 Å². The van der Waals surface area contributed by atoms with Crippen molar-refractivity contribution in [2.45, 2.75) is 12.6 Å². The molecule has 1 aliphatic rings. The minimum atomic E-state index is -3.35. The van der Waals surface area contributed by atoms with E-state index in [1.54, 1.807) is 24.3 Å². The fourth-order valence-electron chi connectivity index (χ4n) is 3.03. The van der Waals surface area contributed by atoms with Gasteiger partial charge < -0.3 is 14.4 Å². The van der Waals surface area contributed by atoms with E-state index in [0.29, 0.717) is 5.75 Å². The largest absolute Gasteiger partial charge is 0.496 e. The van der Waals surface area contributed by atoms with E-state index >= 15 is 0 Å². The van der Waals surface area contributed by atoms with Gasteiger partial charge in [0, 0.05) is 12.0 Å². The Hall–Kier alpha value is -3.13. The molecular formula is C21H21NO6S. The van der Waals surface area contributed by atoms with Crippen LogP contribution in [-0.4, -0.2) is 50.7 Å².